The number of carbonyl (C=O) groups excluding carboxylic acids is 1. The third kappa shape index (κ3) is 4.36. The van der Waals surface area contributed by atoms with Crippen LogP contribution in [0.3, 0.4) is 0 Å². The molecule has 27 heavy (non-hydrogen) atoms. The number of H-pyrrole nitrogens is 1. The summed E-state index contributed by atoms with van der Waals surface area (Å²) in [6.45, 7) is 2.42. The minimum atomic E-state index is -3.52. The van der Waals surface area contributed by atoms with Gasteiger partial charge in [0.2, 0.25) is 10.0 Å². The van der Waals surface area contributed by atoms with Gasteiger partial charge >= 0.3 is 0 Å². The molecule has 1 aromatic carbocycles. The molecule has 1 aromatic heterocycles. The molecule has 144 valence electrons. The first-order valence-corrected chi connectivity index (χ1v) is 10.7. The predicted molar refractivity (Wildman–Crippen MR) is 102 cm³/mol. The molecule has 2 heterocycles. The van der Waals surface area contributed by atoms with Crippen molar-refractivity contribution in [1.82, 2.24) is 14.9 Å². The van der Waals surface area contributed by atoms with E-state index in [1.54, 1.807) is 29.2 Å². The molecule has 0 unspecified atom stereocenters. The lowest BCUT2D eigenvalue weighted by atomic mass is 10.1. The van der Waals surface area contributed by atoms with E-state index in [0.717, 1.165) is 12.7 Å². The number of aryl methyl sites for hydroxylation is 1. The zero-order chi connectivity index (χ0) is 19.6. The van der Waals surface area contributed by atoms with E-state index in [2.05, 4.69) is 14.7 Å². The van der Waals surface area contributed by atoms with Crippen molar-refractivity contribution < 1.29 is 13.2 Å². The van der Waals surface area contributed by atoms with Gasteiger partial charge in [0.05, 0.1) is 23.5 Å². The number of hydrogen-bond acceptors (Lipinski definition) is 5. The molecule has 2 aromatic rings. The fourth-order valence-electron chi connectivity index (χ4n) is 3.27. The van der Waals surface area contributed by atoms with Crippen molar-refractivity contribution in [2.75, 3.05) is 17.5 Å². The Hall–Kier alpha value is -2.68. The molecule has 1 atom stereocenters. The Bertz CT molecular complexity index is 1020. The summed E-state index contributed by atoms with van der Waals surface area (Å²) in [6.07, 6.45) is 3.12. The minimum absolute atomic E-state index is 0.236. The second kappa shape index (κ2) is 7.51. The molecular formula is C18H22N4O4S. The number of benzene rings is 1. The summed E-state index contributed by atoms with van der Waals surface area (Å²) < 4.78 is 25.6. The number of hydrogen-bond donors (Lipinski definition) is 2. The quantitative estimate of drug-likeness (QED) is 0.807. The molecule has 1 saturated heterocycles. The highest BCUT2D eigenvalue weighted by Crippen LogP contribution is 2.32. The molecule has 3 rings (SSSR count). The third-order valence-corrected chi connectivity index (χ3v) is 5.05. The molecule has 9 heteroatoms. The van der Waals surface area contributed by atoms with Gasteiger partial charge in [-0.3, -0.25) is 14.3 Å². The first kappa shape index (κ1) is 19.1. The van der Waals surface area contributed by atoms with Gasteiger partial charge in [-0.2, -0.15) is 0 Å². The van der Waals surface area contributed by atoms with Crippen LogP contribution in [0.1, 0.15) is 47.7 Å². The van der Waals surface area contributed by atoms with Crippen molar-refractivity contribution in [2.24, 2.45) is 0 Å². The maximum absolute atomic E-state index is 13.1. The first-order valence-electron chi connectivity index (χ1n) is 8.76. The standard InChI is InChI=1S/C18H22N4O4S/c1-3-12-11-16(23)20-17(19-12)15-9-6-10-22(15)18(24)13-7-4-5-8-14(13)21-27(2,25)26/h4-5,7-8,11,15,21H,3,6,9-10H2,1-2H3,(H,19,20,23)/t15-/m0/s1. The molecule has 8 nitrogen and oxygen atoms in total. The van der Waals surface area contributed by atoms with Gasteiger partial charge < -0.3 is 9.88 Å². The molecule has 2 N–H and O–H groups in total. The van der Waals surface area contributed by atoms with Gasteiger partial charge in [0, 0.05) is 18.3 Å². The monoisotopic (exact) mass is 390 g/mol. The summed E-state index contributed by atoms with van der Waals surface area (Å²) in [7, 11) is -3.52. The zero-order valence-electron chi connectivity index (χ0n) is 15.2. The SMILES string of the molecule is CCc1cc(=O)[nH]c([C@@H]2CCCN2C(=O)c2ccccc2NS(C)(=O)=O)n1. The summed E-state index contributed by atoms with van der Waals surface area (Å²) in [6, 6.07) is 7.60. The molecule has 0 spiro atoms. The van der Waals surface area contributed by atoms with Crippen LogP contribution in [-0.4, -0.2) is 42.0 Å². The van der Waals surface area contributed by atoms with Gasteiger partial charge in [-0.25, -0.2) is 13.4 Å². The lowest BCUT2D eigenvalue weighted by Gasteiger charge is -2.25. The van der Waals surface area contributed by atoms with Crippen LogP contribution in [0.4, 0.5) is 5.69 Å². The second-order valence-corrected chi connectivity index (χ2v) is 8.30. The Labute approximate surface area is 157 Å². The smallest absolute Gasteiger partial charge is 0.256 e. The molecule has 1 amide bonds. The Kier molecular flexibility index (Phi) is 5.31. The van der Waals surface area contributed by atoms with Crippen molar-refractivity contribution in [3.63, 3.8) is 0 Å². The van der Waals surface area contributed by atoms with Crippen molar-refractivity contribution in [1.29, 1.82) is 0 Å². The van der Waals surface area contributed by atoms with E-state index in [-0.39, 0.29) is 28.8 Å². The number of nitrogens with one attached hydrogen (secondary N) is 2. The highest BCUT2D eigenvalue weighted by Gasteiger charge is 2.33. The normalized spacial score (nSPS) is 17.1. The van der Waals surface area contributed by atoms with Gasteiger partial charge in [0.15, 0.2) is 0 Å². The highest BCUT2D eigenvalue weighted by atomic mass is 32.2. The van der Waals surface area contributed by atoms with Crippen molar-refractivity contribution in [3.8, 4) is 0 Å². The van der Waals surface area contributed by atoms with E-state index in [1.165, 1.54) is 6.07 Å². The summed E-state index contributed by atoms with van der Waals surface area (Å²) in [5.74, 6) is 0.174. The van der Waals surface area contributed by atoms with Crippen LogP contribution < -0.4 is 10.3 Å². The molecule has 0 bridgehead atoms. The van der Waals surface area contributed by atoms with E-state index in [0.29, 0.717) is 30.9 Å². The van der Waals surface area contributed by atoms with E-state index < -0.39 is 10.0 Å². The van der Waals surface area contributed by atoms with E-state index >= 15 is 0 Å². The Morgan fingerprint density at radius 1 is 1.37 bits per heavy atom. The molecule has 0 aliphatic carbocycles. The fourth-order valence-corrected chi connectivity index (χ4v) is 3.85. The summed E-state index contributed by atoms with van der Waals surface area (Å²) >= 11 is 0. The van der Waals surface area contributed by atoms with Crippen LogP contribution in [0.15, 0.2) is 35.1 Å². The highest BCUT2D eigenvalue weighted by molar-refractivity contribution is 7.92. The van der Waals surface area contributed by atoms with Crippen molar-refractivity contribution >= 4 is 21.6 Å². The fraction of sp³-hybridized carbons (Fsp3) is 0.389. The molecule has 1 aliphatic rings. The third-order valence-electron chi connectivity index (χ3n) is 4.46. The number of anilines is 1. The van der Waals surface area contributed by atoms with Crippen LogP contribution in [0, 0.1) is 0 Å². The number of likely N-dealkylation sites (tertiary alicyclic amines) is 1. The average molecular weight is 390 g/mol. The number of para-hydroxylation sites is 1. The number of aromatic nitrogens is 2. The van der Waals surface area contributed by atoms with Crippen LogP contribution in [0.25, 0.3) is 0 Å². The number of sulfonamides is 1. The van der Waals surface area contributed by atoms with Crippen LogP contribution in [0.5, 0.6) is 0 Å². The molecular weight excluding hydrogens is 368 g/mol. The van der Waals surface area contributed by atoms with Crippen LogP contribution in [-0.2, 0) is 16.4 Å². The minimum Gasteiger partial charge on any atom is -0.328 e. The Morgan fingerprint density at radius 2 is 2.11 bits per heavy atom. The maximum atomic E-state index is 13.1. The van der Waals surface area contributed by atoms with Crippen LogP contribution >= 0.6 is 0 Å². The maximum Gasteiger partial charge on any atom is 0.256 e. The molecule has 1 fully saturated rings. The summed E-state index contributed by atoms with van der Waals surface area (Å²) in [4.78, 5) is 33.9. The second-order valence-electron chi connectivity index (χ2n) is 6.55. The predicted octanol–water partition coefficient (Wildman–Crippen LogP) is 1.68. The van der Waals surface area contributed by atoms with E-state index in [4.69, 9.17) is 0 Å². The Morgan fingerprint density at radius 3 is 2.81 bits per heavy atom. The molecule has 1 aliphatic heterocycles. The molecule has 0 saturated carbocycles. The van der Waals surface area contributed by atoms with Crippen molar-refractivity contribution in [2.45, 2.75) is 32.2 Å². The topological polar surface area (TPSA) is 112 Å². The lowest BCUT2D eigenvalue weighted by molar-refractivity contribution is 0.0730. The van der Waals surface area contributed by atoms with E-state index in [1.807, 2.05) is 6.92 Å². The van der Waals surface area contributed by atoms with Gasteiger partial charge in [-0.15, -0.1) is 0 Å². The van der Waals surface area contributed by atoms with Gasteiger partial charge in [0.25, 0.3) is 11.5 Å². The molecule has 0 radical (unpaired) electrons. The number of aromatic amines is 1. The Balaban J connectivity index is 1.96. The number of nitrogens with zero attached hydrogens (tertiary/aromatic N) is 2. The lowest BCUT2D eigenvalue weighted by Crippen LogP contribution is -2.33. The van der Waals surface area contributed by atoms with Crippen LogP contribution in [0.2, 0.25) is 0 Å². The number of carbonyl (C=O) groups is 1. The van der Waals surface area contributed by atoms with Gasteiger partial charge in [0.1, 0.15) is 5.82 Å². The van der Waals surface area contributed by atoms with Gasteiger partial charge in [-0.1, -0.05) is 19.1 Å². The zero-order valence-corrected chi connectivity index (χ0v) is 16.0. The first-order chi connectivity index (χ1) is 12.8. The largest absolute Gasteiger partial charge is 0.328 e. The number of rotatable bonds is 5. The van der Waals surface area contributed by atoms with E-state index in [9.17, 15) is 18.0 Å². The van der Waals surface area contributed by atoms with Crippen molar-refractivity contribution in [3.05, 3.63) is 57.8 Å². The van der Waals surface area contributed by atoms with Gasteiger partial charge in [-0.05, 0) is 31.4 Å². The number of amides is 1. The summed E-state index contributed by atoms with van der Waals surface area (Å²) in [5.41, 5.74) is 0.936. The average Bonchev–Trinajstić information content (AvgIpc) is 3.09. The summed E-state index contributed by atoms with van der Waals surface area (Å²) in [5, 5.41) is 0.